The van der Waals surface area contributed by atoms with E-state index in [9.17, 15) is 4.79 Å². The molecule has 4 nitrogen and oxygen atoms in total. The first kappa shape index (κ1) is 15.1. The average molecular weight is 252 g/mol. The van der Waals surface area contributed by atoms with E-state index in [1.54, 1.807) is 0 Å². The van der Waals surface area contributed by atoms with Crippen molar-refractivity contribution in [3.63, 3.8) is 0 Å². The molecule has 0 aliphatic carbocycles. The van der Waals surface area contributed by atoms with Crippen LogP contribution in [0.4, 0.5) is 0 Å². The fourth-order valence-corrected chi connectivity index (χ4v) is 1.91. The molecule has 5 heteroatoms. The van der Waals surface area contributed by atoms with Crippen molar-refractivity contribution in [1.29, 1.82) is 0 Å². The molecule has 15 heavy (non-hydrogen) atoms. The van der Waals surface area contributed by atoms with Crippen LogP contribution in [0.15, 0.2) is 0 Å². The van der Waals surface area contributed by atoms with E-state index in [1.165, 1.54) is 6.92 Å². The Balaban J connectivity index is 3.84. The molecule has 0 aromatic heterocycles. The summed E-state index contributed by atoms with van der Waals surface area (Å²) in [5.74, 6) is -0.220. The van der Waals surface area contributed by atoms with Crippen molar-refractivity contribution in [2.45, 2.75) is 57.8 Å². The molecule has 0 heterocycles. The van der Waals surface area contributed by atoms with Crippen LogP contribution in [0.2, 0.25) is 4.73 Å². The Bertz CT molecular complexity index is 172. The normalized spacial score (nSPS) is 11.2. The van der Waals surface area contributed by atoms with Gasteiger partial charge in [-0.25, -0.2) is 0 Å². The zero-order valence-electron chi connectivity index (χ0n) is 10.1. The summed E-state index contributed by atoms with van der Waals surface area (Å²) in [7, 11) is 0. The Hall–Kier alpha value is 0.104. The van der Waals surface area contributed by atoms with Crippen molar-refractivity contribution in [3.05, 3.63) is 0 Å². The molecular weight excluding hydrogens is 232 g/mol. The average Bonchev–Trinajstić information content (AvgIpc) is 2.00. The molecule has 0 saturated carbocycles. The first-order valence-electron chi connectivity index (χ1n) is 5.13. The summed E-state index contributed by atoms with van der Waals surface area (Å²) in [5, 5.41) is 0. The Labute approximate surface area is 101 Å². The van der Waals surface area contributed by atoms with Crippen LogP contribution in [0, 0.1) is 0 Å². The third-order valence-electron chi connectivity index (χ3n) is 1.31. The van der Waals surface area contributed by atoms with Crippen molar-refractivity contribution in [3.8, 4) is 0 Å². The molecule has 0 rings (SSSR count). The standard InChI is InChI=1S/C8H17O2.C2H4O2.Ti/c1-6(2)9-8(5)10-7(3)4;1-2(3)4;/h6-8H,5H2,1-4H3;1H3,(H,3,4);/q;;+1/p-1. The number of carbonyl (C=O) groups is 1. The predicted molar refractivity (Wildman–Crippen MR) is 52.8 cm³/mol. The van der Waals surface area contributed by atoms with Gasteiger partial charge >= 0.3 is 101 Å². The summed E-state index contributed by atoms with van der Waals surface area (Å²) in [6.07, 6.45) is -0.000272. The zero-order valence-corrected chi connectivity index (χ0v) is 11.6. The Kier molecular flexibility index (Phi) is 8.34. The van der Waals surface area contributed by atoms with Gasteiger partial charge in [0.2, 0.25) is 0 Å². The van der Waals surface area contributed by atoms with Gasteiger partial charge in [0.15, 0.2) is 0 Å². The molecule has 0 bridgehead atoms. The summed E-state index contributed by atoms with van der Waals surface area (Å²) in [5.41, 5.74) is 0. The molecule has 0 radical (unpaired) electrons. The molecule has 0 aromatic carbocycles. The van der Waals surface area contributed by atoms with E-state index in [1.807, 2.05) is 27.7 Å². The van der Waals surface area contributed by atoms with Gasteiger partial charge in [0.05, 0.1) is 0 Å². The van der Waals surface area contributed by atoms with E-state index in [0.29, 0.717) is 4.73 Å². The van der Waals surface area contributed by atoms with Gasteiger partial charge in [-0.15, -0.1) is 0 Å². The van der Waals surface area contributed by atoms with Crippen molar-refractivity contribution >= 4 is 5.97 Å². The third-order valence-corrected chi connectivity index (χ3v) is 2.77. The SMILES string of the molecule is CC(=O)[O][Ti][CH2]C(OC(C)C)OC(C)C. The molecule has 0 N–H and O–H groups in total. The second-order valence-corrected chi connectivity index (χ2v) is 5.15. The number of hydrogen-bond donors (Lipinski definition) is 0. The van der Waals surface area contributed by atoms with E-state index < -0.39 is 19.5 Å². The summed E-state index contributed by atoms with van der Waals surface area (Å²) < 4.78 is 16.8. The molecule has 0 unspecified atom stereocenters. The quantitative estimate of drug-likeness (QED) is 0.514. The van der Waals surface area contributed by atoms with Crippen LogP contribution in [0.1, 0.15) is 34.6 Å². The van der Waals surface area contributed by atoms with Gasteiger partial charge in [-0.3, -0.25) is 0 Å². The van der Waals surface area contributed by atoms with Gasteiger partial charge in [0.25, 0.3) is 0 Å². The van der Waals surface area contributed by atoms with Gasteiger partial charge in [-0.05, 0) is 0 Å². The fraction of sp³-hybridized carbons (Fsp3) is 0.900. The van der Waals surface area contributed by atoms with Crippen LogP contribution in [0.5, 0.6) is 0 Å². The van der Waals surface area contributed by atoms with Gasteiger partial charge in [0, 0.05) is 0 Å². The van der Waals surface area contributed by atoms with Crippen LogP contribution >= 0.6 is 0 Å². The molecule has 0 aliphatic heterocycles. The van der Waals surface area contributed by atoms with Crippen molar-refractivity contribution < 1.29 is 37.1 Å². The van der Waals surface area contributed by atoms with Gasteiger partial charge in [-0.2, -0.15) is 0 Å². The van der Waals surface area contributed by atoms with Gasteiger partial charge < -0.3 is 0 Å². The summed E-state index contributed by atoms with van der Waals surface area (Å²) in [6.45, 7) is 9.27. The minimum atomic E-state index is -0.749. The molecule has 0 spiro atoms. The molecule has 0 amide bonds. The molecule has 0 saturated heterocycles. The molecule has 0 fully saturated rings. The van der Waals surface area contributed by atoms with E-state index in [-0.39, 0.29) is 24.5 Å². The van der Waals surface area contributed by atoms with Crippen molar-refractivity contribution in [2.24, 2.45) is 0 Å². The van der Waals surface area contributed by atoms with Crippen LogP contribution in [0.3, 0.4) is 0 Å². The molecule has 0 aromatic rings. The van der Waals surface area contributed by atoms with Gasteiger partial charge in [-0.1, -0.05) is 0 Å². The maximum atomic E-state index is 10.6. The summed E-state index contributed by atoms with van der Waals surface area (Å²) in [4.78, 5) is 10.6. The predicted octanol–water partition coefficient (Wildman–Crippen LogP) is 2.14. The number of carbonyl (C=O) groups excluding carboxylic acids is 1. The van der Waals surface area contributed by atoms with E-state index >= 15 is 0 Å². The monoisotopic (exact) mass is 252 g/mol. The van der Waals surface area contributed by atoms with E-state index in [0.717, 1.165) is 0 Å². The fourth-order valence-electron chi connectivity index (χ4n) is 0.947. The number of rotatable bonds is 7. The number of ether oxygens (including phenoxy) is 2. The topological polar surface area (TPSA) is 44.8 Å². The summed E-state index contributed by atoms with van der Waals surface area (Å²) in [6, 6.07) is 0. The van der Waals surface area contributed by atoms with E-state index in [4.69, 9.17) is 12.8 Å². The zero-order chi connectivity index (χ0) is 11.8. The molecule has 0 aliphatic rings. The van der Waals surface area contributed by atoms with Gasteiger partial charge in [0.1, 0.15) is 0 Å². The summed E-state index contributed by atoms with van der Waals surface area (Å²) >= 11 is -0.749. The Morgan fingerprint density at radius 3 is 1.93 bits per heavy atom. The molecule has 88 valence electrons. The van der Waals surface area contributed by atoms with Crippen molar-refractivity contribution in [2.75, 3.05) is 0 Å². The first-order valence-corrected chi connectivity index (χ1v) is 6.87. The molecule has 0 atom stereocenters. The third kappa shape index (κ3) is 10.4. The van der Waals surface area contributed by atoms with Crippen LogP contribution < -0.4 is 0 Å². The Morgan fingerprint density at radius 2 is 1.60 bits per heavy atom. The first-order chi connectivity index (χ1) is 6.91. The number of hydrogen-bond acceptors (Lipinski definition) is 4. The second kappa shape index (κ2) is 8.28. The van der Waals surface area contributed by atoms with Crippen LogP contribution in [-0.4, -0.2) is 24.5 Å². The second-order valence-electron chi connectivity index (χ2n) is 3.74. The van der Waals surface area contributed by atoms with E-state index in [2.05, 4.69) is 0 Å². The Morgan fingerprint density at radius 1 is 1.13 bits per heavy atom. The minimum absolute atomic E-state index is 0.123. The van der Waals surface area contributed by atoms with Crippen LogP contribution in [0.25, 0.3) is 0 Å². The van der Waals surface area contributed by atoms with Crippen LogP contribution in [-0.2, 0) is 37.1 Å². The molecular formula is C10H20O4Ti. The van der Waals surface area contributed by atoms with Crippen molar-refractivity contribution in [1.82, 2.24) is 0 Å². The maximum absolute atomic E-state index is 10.6.